The second-order valence-electron chi connectivity index (χ2n) is 9.22. The zero-order valence-electron chi connectivity index (χ0n) is 19.1. The molecule has 0 bridgehead atoms. The fraction of sp³-hybridized carbons (Fsp3) is 0.385. The van der Waals surface area contributed by atoms with E-state index in [-0.39, 0.29) is 23.8 Å². The van der Waals surface area contributed by atoms with E-state index in [0.717, 1.165) is 53.6 Å². The van der Waals surface area contributed by atoms with Gasteiger partial charge < -0.3 is 14.7 Å². The van der Waals surface area contributed by atoms with Crippen molar-refractivity contribution in [2.75, 3.05) is 20.6 Å². The Balaban J connectivity index is 1.23. The zero-order valence-corrected chi connectivity index (χ0v) is 19.1. The molecule has 0 radical (unpaired) electrons. The molecule has 1 amide bonds. The molecule has 1 aromatic heterocycles. The first-order valence-electron chi connectivity index (χ1n) is 11.6. The molecular formula is C26H30N4O3. The summed E-state index contributed by atoms with van der Waals surface area (Å²) in [7, 11) is 3.99. The number of carbonyl (C=O) groups excluding carboxylic acids is 1. The minimum atomic E-state index is 0.0587. The number of H-pyrrole nitrogens is 1. The van der Waals surface area contributed by atoms with E-state index in [9.17, 15) is 9.90 Å². The van der Waals surface area contributed by atoms with E-state index in [2.05, 4.69) is 22.1 Å². The van der Waals surface area contributed by atoms with Crippen LogP contribution in [-0.2, 0) is 4.79 Å². The Labute approximate surface area is 193 Å². The highest BCUT2D eigenvalue weighted by Gasteiger charge is 2.35. The smallest absolute Gasteiger partial charge is 0.246 e. The van der Waals surface area contributed by atoms with Gasteiger partial charge in [0.1, 0.15) is 17.6 Å². The van der Waals surface area contributed by atoms with E-state index in [0.29, 0.717) is 6.04 Å². The number of aromatic nitrogens is 2. The maximum absolute atomic E-state index is 12.6. The Morgan fingerprint density at radius 1 is 1.24 bits per heavy atom. The second-order valence-corrected chi connectivity index (χ2v) is 9.22. The van der Waals surface area contributed by atoms with Crippen LogP contribution in [0.25, 0.3) is 22.0 Å². The number of benzene rings is 2. The average Bonchev–Trinajstić information content (AvgIpc) is 3.42. The summed E-state index contributed by atoms with van der Waals surface area (Å²) in [5.74, 6) is 1.08. The molecule has 2 fully saturated rings. The predicted molar refractivity (Wildman–Crippen MR) is 128 cm³/mol. The third-order valence-corrected chi connectivity index (χ3v) is 7.02. The minimum Gasteiger partial charge on any atom is -0.508 e. The van der Waals surface area contributed by atoms with Crippen LogP contribution in [0.15, 0.2) is 54.7 Å². The lowest BCUT2D eigenvalue weighted by molar-refractivity contribution is -0.130. The molecule has 33 heavy (non-hydrogen) atoms. The number of rotatable bonds is 6. The van der Waals surface area contributed by atoms with Crippen molar-refractivity contribution in [2.45, 2.75) is 43.9 Å². The fourth-order valence-corrected chi connectivity index (χ4v) is 4.74. The van der Waals surface area contributed by atoms with Crippen LogP contribution in [-0.4, -0.2) is 69.8 Å². The zero-order chi connectivity index (χ0) is 22.9. The summed E-state index contributed by atoms with van der Waals surface area (Å²) in [5.41, 5.74) is 2.89. The third-order valence-electron chi connectivity index (χ3n) is 7.02. The predicted octanol–water partition coefficient (Wildman–Crippen LogP) is 3.95. The van der Waals surface area contributed by atoms with Crippen molar-refractivity contribution >= 4 is 16.8 Å². The molecule has 7 heteroatoms. The number of hydrogen-bond donors (Lipinski definition) is 2. The lowest BCUT2D eigenvalue weighted by Crippen LogP contribution is -2.49. The van der Waals surface area contributed by atoms with Crippen LogP contribution in [0.3, 0.4) is 0 Å². The third kappa shape index (κ3) is 4.46. The normalized spacial score (nSPS) is 23.2. The topological polar surface area (TPSA) is 81.7 Å². The molecule has 2 heterocycles. The number of fused-ring (bicyclic) bond motifs is 1. The maximum atomic E-state index is 12.6. The number of likely N-dealkylation sites (N-methyl/N-ethyl adjacent to an activating group) is 2. The van der Waals surface area contributed by atoms with E-state index in [1.54, 1.807) is 24.4 Å². The molecule has 5 rings (SSSR count). The van der Waals surface area contributed by atoms with E-state index in [1.807, 2.05) is 42.3 Å². The molecule has 1 aliphatic heterocycles. The van der Waals surface area contributed by atoms with Gasteiger partial charge in [-0.25, -0.2) is 0 Å². The Kier molecular flexibility index (Phi) is 5.81. The van der Waals surface area contributed by atoms with Gasteiger partial charge in [0.2, 0.25) is 5.91 Å². The molecule has 1 atom stereocenters. The SMILES string of the molecule is CN1CCCC1/C=C/C(=O)N(C)C1CC(Oc2cc(-c3ccc(O)cc3)cc3[nH]ncc23)C1. The summed E-state index contributed by atoms with van der Waals surface area (Å²) in [4.78, 5) is 16.8. The van der Waals surface area contributed by atoms with E-state index in [1.165, 1.54) is 6.42 Å². The van der Waals surface area contributed by atoms with Crippen LogP contribution in [0.4, 0.5) is 0 Å². The van der Waals surface area contributed by atoms with Gasteiger partial charge in [-0.2, -0.15) is 5.10 Å². The molecule has 0 spiro atoms. The molecular weight excluding hydrogens is 416 g/mol. The molecule has 3 aromatic rings. The first kappa shape index (κ1) is 21.5. The van der Waals surface area contributed by atoms with Gasteiger partial charge in [0.15, 0.2) is 0 Å². The quantitative estimate of drug-likeness (QED) is 0.561. The van der Waals surface area contributed by atoms with Crippen molar-refractivity contribution in [3.63, 3.8) is 0 Å². The number of aromatic hydroxyl groups is 1. The van der Waals surface area contributed by atoms with Gasteiger partial charge in [0.05, 0.1) is 17.1 Å². The van der Waals surface area contributed by atoms with Gasteiger partial charge in [-0.1, -0.05) is 18.2 Å². The number of nitrogens with one attached hydrogen (secondary N) is 1. The van der Waals surface area contributed by atoms with Crippen LogP contribution in [0.2, 0.25) is 0 Å². The number of ether oxygens (including phenoxy) is 1. The van der Waals surface area contributed by atoms with Gasteiger partial charge >= 0.3 is 0 Å². The summed E-state index contributed by atoms with van der Waals surface area (Å²) in [6, 6.07) is 11.7. The highest BCUT2D eigenvalue weighted by Crippen LogP contribution is 2.36. The number of nitrogens with zero attached hydrogens (tertiary/aromatic N) is 3. The lowest BCUT2D eigenvalue weighted by atomic mass is 9.88. The Morgan fingerprint density at radius 3 is 2.76 bits per heavy atom. The second kappa shape index (κ2) is 8.90. The molecule has 1 aliphatic carbocycles. The van der Waals surface area contributed by atoms with Gasteiger partial charge in [-0.3, -0.25) is 14.8 Å². The van der Waals surface area contributed by atoms with Crippen molar-refractivity contribution < 1.29 is 14.6 Å². The number of likely N-dealkylation sites (tertiary alicyclic amines) is 1. The standard InChI is InChI=1S/C26H30N4O3/c1-29-11-3-4-19(29)7-10-26(32)30(2)20-14-22(15-20)33-25-13-18(12-24-23(25)16-27-28-24)17-5-8-21(31)9-6-17/h5-10,12-13,16,19-20,22,31H,3-4,11,14-15H2,1-2H3,(H,27,28)/b10-7+. The van der Waals surface area contributed by atoms with Crippen molar-refractivity contribution in [3.05, 3.63) is 54.7 Å². The van der Waals surface area contributed by atoms with Crippen molar-refractivity contribution in [1.29, 1.82) is 0 Å². The molecule has 1 saturated heterocycles. The maximum Gasteiger partial charge on any atom is 0.246 e. The summed E-state index contributed by atoms with van der Waals surface area (Å²) in [5, 5.41) is 17.7. The van der Waals surface area contributed by atoms with E-state index < -0.39 is 0 Å². The summed E-state index contributed by atoms with van der Waals surface area (Å²) < 4.78 is 6.35. The molecule has 172 valence electrons. The van der Waals surface area contributed by atoms with Crippen molar-refractivity contribution in [2.24, 2.45) is 0 Å². The average molecular weight is 447 g/mol. The number of aromatic amines is 1. The van der Waals surface area contributed by atoms with Crippen LogP contribution in [0.5, 0.6) is 11.5 Å². The van der Waals surface area contributed by atoms with Crippen LogP contribution in [0, 0.1) is 0 Å². The minimum absolute atomic E-state index is 0.0587. The molecule has 1 saturated carbocycles. The number of carbonyl (C=O) groups is 1. The van der Waals surface area contributed by atoms with Crippen LogP contribution in [0.1, 0.15) is 25.7 Å². The van der Waals surface area contributed by atoms with Gasteiger partial charge in [-0.05, 0) is 61.8 Å². The van der Waals surface area contributed by atoms with Crippen molar-refractivity contribution in [3.8, 4) is 22.6 Å². The molecule has 1 unspecified atom stereocenters. The first-order valence-corrected chi connectivity index (χ1v) is 11.6. The summed E-state index contributed by atoms with van der Waals surface area (Å²) >= 11 is 0. The van der Waals surface area contributed by atoms with Crippen LogP contribution < -0.4 is 4.74 Å². The number of hydrogen-bond acceptors (Lipinski definition) is 5. The van der Waals surface area contributed by atoms with Gasteiger partial charge in [0.25, 0.3) is 0 Å². The fourth-order valence-electron chi connectivity index (χ4n) is 4.74. The highest BCUT2D eigenvalue weighted by molar-refractivity contribution is 5.90. The Bertz CT molecular complexity index is 1160. The van der Waals surface area contributed by atoms with Crippen LogP contribution >= 0.6 is 0 Å². The largest absolute Gasteiger partial charge is 0.508 e. The van der Waals surface area contributed by atoms with E-state index >= 15 is 0 Å². The molecule has 2 aromatic carbocycles. The van der Waals surface area contributed by atoms with E-state index in [4.69, 9.17) is 4.74 Å². The number of amides is 1. The summed E-state index contributed by atoms with van der Waals surface area (Å²) in [6.07, 6.45) is 9.54. The Hall–Kier alpha value is -3.32. The monoisotopic (exact) mass is 446 g/mol. The summed E-state index contributed by atoms with van der Waals surface area (Å²) in [6.45, 7) is 1.10. The lowest BCUT2D eigenvalue weighted by Gasteiger charge is -2.40. The Morgan fingerprint density at radius 2 is 2.03 bits per heavy atom. The molecule has 2 N–H and O–H groups in total. The highest BCUT2D eigenvalue weighted by atomic mass is 16.5. The molecule has 7 nitrogen and oxygen atoms in total. The van der Waals surface area contributed by atoms with Gasteiger partial charge in [0, 0.05) is 38.0 Å². The van der Waals surface area contributed by atoms with Crippen molar-refractivity contribution in [1.82, 2.24) is 20.0 Å². The first-order chi connectivity index (χ1) is 16.0. The number of phenolic OH excluding ortho intramolecular Hbond substituents is 1. The molecule has 2 aliphatic rings. The van der Waals surface area contributed by atoms with Gasteiger partial charge in [-0.15, -0.1) is 0 Å². The number of phenols is 1.